The van der Waals surface area contributed by atoms with Crippen LogP contribution in [0.1, 0.15) is 11.1 Å². The summed E-state index contributed by atoms with van der Waals surface area (Å²) in [7, 11) is 1.66. The molecule has 0 aliphatic heterocycles. The summed E-state index contributed by atoms with van der Waals surface area (Å²) in [6, 6.07) is 10.2. The number of halogens is 3. The summed E-state index contributed by atoms with van der Waals surface area (Å²) in [5, 5.41) is 0. The van der Waals surface area contributed by atoms with Gasteiger partial charge in [-0.2, -0.15) is 0 Å². The van der Waals surface area contributed by atoms with Gasteiger partial charge in [-0.1, -0.05) is 28.1 Å². The molecule has 0 aliphatic carbocycles. The van der Waals surface area contributed by atoms with Crippen LogP contribution in [-0.4, -0.2) is 7.05 Å². The summed E-state index contributed by atoms with van der Waals surface area (Å²) in [4.78, 5) is 1.55. The second-order valence-corrected chi connectivity index (χ2v) is 5.51. The fraction of sp³-hybridized carbons (Fsp3) is 0.200. The molecule has 2 aromatic rings. The summed E-state index contributed by atoms with van der Waals surface area (Å²) >= 11 is 3.35. The summed E-state index contributed by atoms with van der Waals surface area (Å²) < 4.78 is 28.9. The average Bonchev–Trinajstić information content (AvgIpc) is 2.40. The number of hydrogen-bond donors (Lipinski definition) is 1. The van der Waals surface area contributed by atoms with E-state index < -0.39 is 11.6 Å². The summed E-state index contributed by atoms with van der Waals surface area (Å²) in [6.45, 7) is 0.535. The molecule has 2 nitrogen and oxygen atoms in total. The van der Waals surface area contributed by atoms with E-state index in [-0.39, 0.29) is 12.2 Å². The second-order valence-electron chi connectivity index (χ2n) is 4.59. The van der Waals surface area contributed by atoms with Gasteiger partial charge in [0.2, 0.25) is 0 Å². The number of benzene rings is 2. The van der Waals surface area contributed by atoms with Crippen molar-refractivity contribution in [2.75, 3.05) is 11.9 Å². The number of nitrogens with zero attached hydrogens (tertiary/aromatic N) is 1. The van der Waals surface area contributed by atoms with E-state index >= 15 is 0 Å². The minimum atomic E-state index is -0.593. The minimum Gasteiger partial charge on any atom is -0.366 e. The van der Waals surface area contributed by atoms with Gasteiger partial charge in [-0.25, -0.2) is 8.78 Å². The van der Waals surface area contributed by atoms with Crippen LogP contribution in [0.3, 0.4) is 0 Å². The molecule has 20 heavy (non-hydrogen) atoms. The lowest BCUT2D eigenvalue weighted by molar-refractivity contribution is 0.573. The first-order chi connectivity index (χ1) is 9.51. The normalized spacial score (nSPS) is 10.7. The van der Waals surface area contributed by atoms with Crippen LogP contribution in [0, 0.1) is 11.6 Å². The second kappa shape index (κ2) is 6.33. The maximum atomic E-state index is 14.0. The highest BCUT2D eigenvalue weighted by Crippen LogP contribution is 2.25. The zero-order valence-electron chi connectivity index (χ0n) is 11.0. The van der Waals surface area contributed by atoms with Gasteiger partial charge in [0, 0.05) is 24.6 Å². The molecule has 0 unspecified atom stereocenters. The molecule has 0 aliphatic rings. The van der Waals surface area contributed by atoms with E-state index in [9.17, 15) is 8.78 Å². The average molecular weight is 341 g/mol. The molecule has 106 valence electrons. The standard InChI is InChI=1S/C15H15BrF2N2/c1-20(9-10-2-4-12(16)5-3-10)15-13(17)6-11(8-19)7-14(15)18/h2-7H,8-9,19H2,1H3. The molecule has 5 heteroatoms. The van der Waals surface area contributed by atoms with Crippen molar-refractivity contribution in [1.82, 2.24) is 0 Å². The van der Waals surface area contributed by atoms with Gasteiger partial charge in [0.15, 0.2) is 0 Å². The third-order valence-electron chi connectivity index (χ3n) is 3.03. The molecule has 0 saturated heterocycles. The predicted molar refractivity (Wildman–Crippen MR) is 80.5 cm³/mol. The summed E-state index contributed by atoms with van der Waals surface area (Å²) in [5.41, 5.74) is 6.78. The van der Waals surface area contributed by atoms with Gasteiger partial charge in [-0.05, 0) is 35.4 Å². The highest BCUT2D eigenvalue weighted by atomic mass is 79.9. The number of hydrogen-bond acceptors (Lipinski definition) is 2. The van der Waals surface area contributed by atoms with Crippen LogP contribution in [0.4, 0.5) is 14.5 Å². The third kappa shape index (κ3) is 3.35. The van der Waals surface area contributed by atoms with Gasteiger partial charge in [-0.3, -0.25) is 0 Å². The van der Waals surface area contributed by atoms with E-state index in [4.69, 9.17) is 5.73 Å². The first-order valence-electron chi connectivity index (χ1n) is 6.15. The van der Waals surface area contributed by atoms with E-state index in [1.54, 1.807) is 11.9 Å². The van der Waals surface area contributed by atoms with Gasteiger partial charge in [0.1, 0.15) is 17.3 Å². The zero-order valence-corrected chi connectivity index (χ0v) is 12.6. The molecule has 2 rings (SSSR count). The Balaban J connectivity index is 2.25. The van der Waals surface area contributed by atoms with Crippen molar-refractivity contribution >= 4 is 21.6 Å². The van der Waals surface area contributed by atoms with Crippen molar-refractivity contribution in [1.29, 1.82) is 0 Å². The van der Waals surface area contributed by atoms with Gasteiger partial charge in [0.25, 0.3) is 0 Å². The Morgan fingerprint density at radius 2 is 1.60 bits per heavy atom. The fourth-order valence-corrected chi connectivity index (χ4v) is 2.31. The largest absolute Gasteiger partial charge is 0.366 e. The summed E-state index contributed by atoms with van der Waals surface area (Å²) in [6.07, 6.45) is 0. The Labute approximate surface area is 125 Å². The van der Waals surface area contributed by atoms with Crippen LogP contribution in [0.5, 0.6) is 0 Å². The van der Waals surface area contributed by atoms with Crippen LogP contribution >= 0.6 is 15.9 Å². The van der Waals surface area contributed by atoms with Gasteiger partial charge in [-0.15, -0.1) is 0 Å². The number of anilines is 1. The maximum absolute atomic E-state index is 14.0. The number of nitrogens with two attached hydrogens (primary N) is 1. The zero-order chi connectivity index (χ0) is 14.7. The first-order valence-corrected chi connectivity index (χ1v) is 6.94. The first kappa shape index (κ1) is 14.9. The highest BCUT2D eigenvalue weighted by Gasteiger charge is 2.15. The Morgan fingerprint density at radius 1 is 1.05 bits per heavy atom. The Bertz CT molecular complexity index is 576. The van der Waals surface area contributed by atoms with Crippen molar-refractivity contribution < 1.29 is 8.78 Å². The van der Waals surface area contributed by atoms with Gasteiger partial charge in [0.05, 0.1) is 0 Å². The van der Waals surface area contributed by atoms with Crippen molar-refractivity contribution in [3.8, 4) is 0 Å². The molecule has 0 atom stereocenters. The molecule has 2 aromatic carbocycles. The quantitative estimate of drug-likeness (QED) is 0.916. The van der Waals surface area contributed by atoms with Crippen molar-refractivity contribution in [3.63, 3.8) is 0 Å². The van der Waals surface area contributed by atoms with Crippen LogP contribution < -0.4 is 10.6 Å². The molecule has 0 bridgehead atoms. The van der Waals surface area contributed by atoms with Crippen molar-refractivity contribution in [2.45, 2.75) is 13.1 Å². The van der Waals surface area contributed by atoms with E-state index in [2.05, 4.69) is 15.9 Å². The van der Waals surface area contributed by atoms with Crippen LogP contribution in [0.15, 0.2) is 40.9 Å². The summed E-state index contributed by atoms with van der Waals surface area (Å²) in [5.74, 6) is -1.19. The molecule has 0 aromatic heterocycles. The minimum absolute atomic E-state index is 0.0369. The van der Waals surface area contributed by atoms with Crippen molar-refractivity contribution in [2.24, 2.45) is 5.73 Å². The molecule has 0 spiro atoms. The predicted octanol–water partition coefficient (Wildman–Crippen LogP) is 3.82. The third-order valence-corrected chi connectivity index (χ3v) is 3.56. The van der Waals surface area contributed by atoms with Gasteiger partial charge < -0.3 is 10.6 Å². The topological polar surface area (TPSA) is 29.3 Å². The Morgan fingerprint density at radius 3 is 2.10 bits per heavy atom. The molecule has 0 amide bonds. The molecule has 2 N–H and O–H groups in total. The highest BCUT2D eigenvalue weighted by molar-refractivity contribution is 9.10. The van der Waals surface area contributed by atoms with Crippen LogP contribution in [0.25, 0.3) is 0 Å². The molecule has 0 fully saturated rings. The smallest absolute Gasteiger partial charge is 0.149 e. The molecular formula is C15H15BrF2N2. The van der Waals surface area contributed by atoms with E-state index in [0.717, 1.165) is 10.0 Å². The Hall–Kier alpha value is -1.46. The van der Waals surface area contributed by atoms with Gasteiger partial charge >= 0.3 is 0 Å². The Kier molecular flexibility index (Phi) is 4.73. The lowest BCUT2D eigenvalue weighted by Gasteiger charge is -2.21. The van der Waals surface area contributed by atoms with E-state index in [1.807, 2.05) is 24.3 Å². The molecular weight excluding hydrogens is 326 g/mol. The van der Waals surface area contributed by atoms with Crippen molar-refractivity contribution in [3.05, 3.63) is 63.6 Å². The van der Waals surface area contributed by atoms with E-state index in [0.29, 0.717) is 12.1 Å². The lowest BCUT2D eigenvalue weighted by Crippen LogP contribution is -2.19. The van der Waals surface area contributed by atoms with Crippen LogP contribution in [-0.2, 0) is 13.1 Å². The SMILES string of the molecule is CN(Cc1ccc(Br)cc1)c1c(F)cc(CN)cc1F. The molecule has 0 heterocycles. The maximum Gasteiger partial charge on any atom is 0.149 e. The fourth-order valence-electron chi connectivity index (χ4n) is 2.04. The lowest BCUT2D eigenvalue weighted by atomic mass is 10.1. The molecule has 0 saturated carbocycles. The monoisotopic (exact) mass is 340 g/mol. The van der Waals surface area contributed by atoms with Crippen LogP contribution in [0.2, 0.25) is 0 Å². The number of rotatable bonds is 4. The van der Waals surface area contributed by atoms with E-state index in [1.165, 1.54) is 12.1 Å². The molecule has 0 radical (unpaired) electrons.